The van der Waals surface area contributed by atoms with Crippen LogP contribution in [0.25, 0.3) is 0 Å². The molecule has 1 aromatic carbocycles. The Morgan fingerprint density at radius 3 is 2.39 bits per heavy atom. The van der Waals surface area contributed by atoms with E-state index in [4.69, 9.17) is 0 Å². The number of carbonyl (C=O) groups is 1. The number of halogens is 3. The van der Waals surface area contributed by atoms with Gasteiger partial charge in [0.1, 0.15) is 5.75 Å². The van der Waals surface area contributed by atoms with E-state index in [0.717, 1.165) is 18.7 Å². The zero-order valence-corrected chi connectivity index (χ0v) is 13.1. The number of hydrogen-bond donors (Lipinski definition) is 2. The summed E-state index contributed by atoms with van der Waals surface area (Å²) in [5.74, 6) is 0.438. The van der Waals surface area contributed by atoms with Gasteiger partial charge in [-0.3, -0.25) is 4.79 Å². The molecule has 0 aliphatic carbocycles. The molecule has 4 nitrogen and oxygen atoms in total. The van der Waals surface area contributed by atoms with Crippen molar-refractivity contribution < 1.29 is 22.7 Å². The van der Waals surface area contributed by atoms with Crippen LogP contribution in [0.15, 0.2) is 24.3 Å². The quantitative estimate of drug-likeness (QED) is 0.843. The maximum Gasteiger partial charge on any atom is 0.422 e. The molecule has 1 fully saturated rings. The molecule has 7 heteroatoms. The maximum absolute atomic E-state index is 12.2. The Morgan fingerprint density at radius 2 is 1.91 bits per heavy atom. The molecule has 2 rings (SSSR count). The molecule has 2 N–H and O–H groups in total. The highest BCUT2D eigenvalue weighted by Crippen LogP contribution is 2.22. The van der Waals surface area contributed by atoms with Crippen LogP contribution in [0.4, 0.5) is 13.2 Å². The molecule has 1 amide bonds. The van der Waals surface area contributed by atoms with Gasteiger partial charge in [0.25, 0.3) is 0 Å². The third kappa shape index (κ3) is 5.13. The minimum atomic E-state index is -4.35. The second-order valence-electron chi connectivity index (χ2n) is 5.91. The summed E-state index contributed by atoms with van der Waals surface area (Å²) in [6.07, 6.45) is -4.35. The minimum Gasteiger partial charge on any atom is -0.484 e. The summed E-state index contributed by atoms with van der Waals surface area (Å²) in [6.45, 7) is 4.14. The molecule has 1 saturated heterocycles. The van der Waals surface area contributed by atoms with Crippen LogP contribution in [0.3, 0.4) is 0 Å². The largest absolute Gasteiger partial charge is 0.484 e. The molecule has 0 radical (unpaired) electrons. The number of nitrogens with one attached hydrogen (secondary N) is 2. The van der Waals surface area contributed by atoms with E-state index in [0.29, 0.717) is 5.92 Å². The molecule has 0 saturated carbocycles. The highest BCUT2D eigenvalue weighted by atomic mass is 19.4. The molecule has 0 aromatic heterocycles. The fourth-order valence-electron chi connectivity index (χ4n) is 2.32. The lowest BCUT2D eigenvalue weighted by Gasteiger charge is -2.32. The van der Waals surface area contributed by atoms with Crippen molar-refractivity contribution in [2.75, 3.05) is 19.7 Å². The lowest BCUT2D eigenvalue weighted by molar-refractivity contribution is -0.153. The van der Waals surface area contributed by atoms with Gasteiger partial charge in [-0.25, -0.2) is 0 Å². The van der Waals surface area contributed by atoms with Crippen LogP contribution in [0.2, 0.25) is 0 Å². The van der Waals surface area contributed by atoms with Gasteiger partial charge in [0, 0.05) is 5.92 Å². The van der Waals surface area contributed by atoms with Crippen LogP contribution >= 0.6 is 0 Å². The normalized spacial score (nSPS) is 18.0. The van der Waals surface area contributed by atoms with E-state index in [-0.39, 0.29) is 23.6 Å². The number of rotatable bonds is 6. The van der Waals surface area contributed by atoms with Crippen LogP contribution < -0.4 is 15.4 Å². The van der Waals surface area contributed by atoms with Crippen molar-refractivity contribution in [3.05, 3.63) is 29.8 Å². The summed E-state index contributed by atoms with van der Waals surface area (Å²) in [5, 5.41) is 6.07. The Labute approximate surface area is 133 Å². The Balaban J connectivity index is 1.86. The van der Waals surface area contributed by atoms with Crippen molar-refractivity contribution in [3.63, 3.8) is 0 Å². The second kappa shape index (κ2) is 7.21. The van der Waals surface area contributed by atoms with E-state index in [9.17, 15) is 18.0 Å². The van der Waals surface area contributed by atoms with E-state index in [2.05, 4.69) is 15.4 Å². The van der Waals surface area contributed by atoms with Gasteiger partial charge >= 0.3 is 6.18 Å². The van der Waals surface area contributed by atoms with E-state index in [1.54, 1.807) is 12.1 Å². The smallest absolute Gasteiger partial charge is 0.422 e. The lowest BCUT2D eigenvalue weighted by atomic mass is 9.88. The molecule has 0 spiro atoms. The van der Waals surface area contributed by atoms with Gasteiger partial charge in [0.15, 0.2) is 6.61 Å². The maximum atomic E-state index is 12.2. The molecule has 2 unspecified atom stereocenters. The van der Waals surface area contributed by atoms with Gasteiger partial charge in [-0.15, -0.1) is 0 Å². The molecular formula is C16H21F3N2O2. The predicted octanol–water partition coefficient (Wildman–Crippen LogP) is 2.66. The summed E-state index contributed by atoms with van der Waals surface area (Å²) in [5.41, 5.74) is 0.816. The highest BCUT2D eigenvalue weighted by molar-refractivity contribution is 5.79. The minimum absolute atomic E-state index is 0.0126. The van der Waals surface area contributed by atoms with Gasteiger partial charge in [-0.2, -0.15) is 13.2 Å². The number of alkyl halides is 3. The van der Waals surface area contributed by atoms with Crippen LogP contribution in [-0.4, -0.2) is 31.8 Å². The average molecular weight is 330 g/mol. The Bertz CT molecular complexity index is 527. The van der Waals surface area contributed by atoms with Crippen molar-refractivity contribution in [1.29, 1.82) is 0 Å². The average Bonchev–Trinajstić information content (AvgIpc) is 2.43. The Kier molecular flexibility index (Phi) is 5.51. The van der Waals surface area contributed by atoms with Gasteiger partial charge in [0.05, 0.1) is 6.04 Å². The highest BCUT2D eigenvalue weighted by Gasteiger charge is 2.30. The van der Waals surface area contributed by atoms with Gasteiger partial charge < -0.3 is 15.4 Å². The van der Waals surface area contributed by atoms with Crippen molar-refractivity contribution in [2.24, 2.45) is 11.8 Å². The Hall–Kier alpha value is -1.76. The summed E-state index contributed by atoms with van der Waals surface area (Å²) >= 11 is 0. The first-order valence-corrected chi connectivity index (χ1v) is 7.57. The summed E-state index contributed by atoms with van der Waals surface area (Å²) < 4.78 is 40.9. The van der Waals surface area contributed by atoms with Gasteiger partial charge in [-0.1, -0.05) is 19.1 Å². The Morgan fingerprint density at radius 1 is 1.30 bits per heavy atom. The third-order valence-electron chi connectivity index (χ3n) is 4.08. The number of carbonyl (C=O) groups excluding carboxylic acids is 1. The molecule has 0 bridgehead atoms. The molecular weight excluding hydrogens is 309 g/mol. The summed E-state index contributed by atoms with van der Waals surface area (Å²) in [4.78, 5) is 12.2. The van der Waals surface area contributed by atoms with Crippen molar-refractivity contribution in [1.82, 2.24) is 10.6 Å². The van der Waals surface area contributed by atoms with E-state index < -0.39 is 12.8 Å². The van der Waals surface area contributed by atoms with Crippen LogP contribution in [-0.2, 0) is 4.79 Å². The monoisotopic (exact) mass is 330 g/mol. The molecule has 128 valence electrons. The van der Waals surface area contributed by atoms with Crippen LogP contribution in [0.1, 0.15) is 25.5 Å². The molecule has 23 heavy (non-hydrogen) atoms. The first-order chi connectivity index (χ1) is 10.8. The lowest BCUT2D eigenvalue weighted by Crippen LogP contribution is -2.49. The SMILES string of the molecule is CC(NC(=O)C(C)C1CNC1)c1ccc(OCC(F)(F)F)cc1. The predicted molar refractivity (Wildman–Crippen MR) is 80.1 cm³/mol. The number of ether oxygens (including phenoxy) is 1. The van der Waals surface area contributed by atoms with E-state index >= 15 is 0 Å². The molecule has 1 aliphatic heterocycles. The van der Waals surface area contributed by atoms with E-state index in [1.165, 1.54) is 12.1 Å². The zero-order chi connectivity index (χ0) is 17.0. The first-order valence-electron chi connectivity index (χ1n) is 7.57. The topological polar surface area (TPSA) is 50.4 Å². The third-order valence-corrected chi connectivity index (χ3v) is 4.08. The van der Waals surface area contributed by atoms with Crippen molar-refractivity contribution >= 4 is 5.91 Å². The zero-order valence-electron chi connectivity index (χ0n) is 13.1. The number of amides is 1. The summed E-state index contributed by atoms with van der Waals surface area (Å²) in [7, 11) is 0. The van der Waals surface area contributed by atoms with E-state index in [1.807, 2.05) is 13.8 Å². The fraction of sp³-hybridized carbons (Fsp3) is 0.562. The van der Waals surface area contributed by atoms with Crippen LogP contribution in [0.5, 0.6) is 5.75 Å². The van der Waals surface area contributed by atoms with Gasteiger partial charge in [-0.05, 0) is 43.6 Å². The van der Waals surface area contributed by atoms with Gasteiger partial charge in [0.2, 0.25) is 5.91 Å². The number of hydrogen-bond acceptors (Lipinski definition) is 3. The number of benzene rings is 1. The fourth-order valence-corrected chi connectivity index (χ4v) is 2.32. The second-order valence-corrected chi connectivity index (χ2v) is 5.91. The van der Waals surface area contributed by atoms with Crippen LogP contribution in [0, 0.1) is 11.8 Å². The molecule has 1 aliphatic rings. The van der Waals surface area contributed by atoms with Crippen molar-refractivity contribution in [3.8, 4) is 5.75 Å². The van der Waals surface area contributed by atoms with Crippen molar-refractivity contribution in [2.45, 2.75) is 26.1 Å². The molecule has 1 heterocycles. The summed E-state index contributed by atoms with van der Waals surface area (Å²) in [6, 6.07) is 6.06. The molecule has 1 aromatic rings. The standard InChI is InChI=1S/C16H21F3N2O2/c1-10(13-7-20-8-13)15(22)21-11(2)12-3-5-14(6-4-12)23-9-16(17,18)19/h3-6,10-11,13,20H,7-9H2,1-2H3,(H,21,22). The first kappa shape index (κ1) is 17.6. The molecule has 2 atom stereocenters.